The molecule has 3 rings (SSSR count). The number of nitrogens with zero attached hydrogens (tertiary/aromatic N) is 1. The van der Waals surface area contributed by atoms with Gasteiger partial charge >= 0.3 is 0 Å². The Morgan fingerprint density at radius 2 is 1.89 bits per heavy atom. The number of methoxy groups -OCH3 is 1. The van der Waals surface area contributed by atoms with Crippen molar-refractivity contribution in [2.75, 3.05) is 17.7 Å². The molecule has 27 heavy (non-hydrogen) atoms. The van der Waals surface area contributed by atoms with Crippen molar-refractivity contribution in [1.29, 1.82) is 0 Å². The maximum atomic E-state index is 12.5. The number of ether oxygens (including phenoxy) is 1. The molecule has 2 N–H and O–H groups in total. The van der Waals surface area contributed by atoms with Gasteiger partial charge in [-0.3, -0.25) is 9.59 Å². The molecule has 1 unspecified atom stereocenters. The summed E-state index contributed by atoms with van der Waals surface area (Å²) < 4.78 is 6.17. The maximum Gasteiger partial charge on any atom is 0.239 e. The van der Waals surface area contributed by atoms with E-state index in [1.807, 2.05) is 49.4 Å². The van der Waals surface area contributed by atoms with E-state index in [9.17, 15) is 9.59 Å². The molecule has 0 radical (unpaired) electrons. The van der Waals surface area contributed by atoms with Crippen LogP contribution in [0.3, 0.4) is 0 Å². The van der Waals surface area contributed by atoms with E-state index in [0.29, 0.717) is 5.13 Å². The summed E-state index contributed by atoms with van der Waals surface area (Å²) in [5, 5.41) is 5.87. The Hall–Kier alpha value is -2.58. The average Bonchev–Trinajstić information content (AvgIpc) is 3.04. The molecular weight excluding hydrogens is 382 g/mol. The number of thioether (sulfide) groups is 1. The highest BCUT2D eigenvalue weighted by molar-refractivity contribution is 8.00. The van der Waals surface area contributed by atoms with Crippen LogP contribution >= 0.6 is 23.1 Å². The number of thiazole rings is 1. The molecule has 0 aliphatic carbocycles. The monoisotopic (exact) mass is 401 g/mol. The van der Waals surface area contributed by atoms with Gasteiger partial charge in [-0.05, 0) is 49.4 Å². The van der Waals surface area contributed by atoms with Crippen molar-refractivity contribution in [3.8, 4) is 5.75 Å². The summed E-state index contributed by atoms with van der Waals surface area (Å²) in [7, 11) is 1.62. The van der Waals surface area contributed by atoms with Crippen LogP contribution in [-0.4, -0.2) is 29.2 Å². The lowest BCUT2D eigenvalue weighted by atomic mass is 10.3. The molecule has 0 aliphatic heterocycles. The first-order valence-corrected chi connectivity index (χ1v) is 9.94. The Bertz CT molecular complexity index is 970. The van der Waals surface area contributed by atoms with E-state index in [1.165, 1.54) is 30.0 Å². The van der Waals surface area contributed by atoms with Gasteiger partial charge in [0.1, 0.15) is 5.75 Å². The number of hydrogen-bond donors (Lipinski definition) is 2. The van der Waals surface area contributed by atoms with E-state index in [-0.39, 0.29) is 17.1 Å². The van der Waals surface area contributed by atoms with E-state index >= 15 is 0 Å². The Morgan fingerprint density at radius 3 is 2.56 bits per heavy atom. The minimum atomic E-state index is -0.293. The number of hydrogen-bond acceptors (Lipinski definition) is 6. The molecule has 1 atom stereocenters. The van der Waals surface area contributed by atoms with E-state index in [2.05, 4.69) is 15.6 Å². The Labute approximate surface area is 165 Å². The van der Waals surface area contributed by atoms with Crippen LogP contribution < -0.4 is 15.4 Å². The SMILES string of the molecule is COc1ccc2nc(NC(=O)C(C)Sc3ccc(NC(C)=O)cc3)sc2c1. The summed E-state index contributed by atoms with van der Waals surface area (Å²) in [6, 6.07) is 13.0. The van der Waals surface area contributed by atoms with Crippen molar-refractivity contribution in [3.63, 3.8) is 0 Å². The lowest BCUT2D eigenvalue weighted by molar-refractivity contribution is -0.115. The van der Waals surface area contributed by atoms with Gasteiger partial charge in [-0.2, -0.15) is 0 Å². The predicted molar refractivity (Wildman–Crippen MR) is 111 cm³/mol. The van der Waals surface area contributed by atoms with Crippen LogP contribution in [0.25, 0.3) is 10.2 Å². The molecule has 2 aromatic carbocycles. The van der Waals surface area contributed by atoms with Crippen molar-refractivity contribution < 1.29 is 14.3 Å². The van der Waals surface area contributed by atoms with Gasteiger partial charge < -0.3 is 15.4 Å². The van der Waals surface area contributed by atoms with Gasteiger partial charge in [0.15, 0.2) is 5.13 Å². The lowest BCUT2D eigenvalue weighted by Crippen LogP contribution is -2.22. The Kier molecular flexibility index (Phi) is 5.98. The van der Waals surface area contributed by atoms with Crippen LogP contribution in [0.4, 0.5) is 10.8 Å². The highest BCUT2D eigenvalue weighted by Crippen LogP contribution is 2.30. The molecule has 140 valence electrons. The van der Waals surface area contributed by atoms with Crippen LogP contribution in [0.1, 0.15) is 13.8 Å². The molecule has 0 aliphatic rings. The number of carbonyl (C=O) groups excluding carboxylic acids is 2. The topological polar surface area (TPSA) is 80.3 Å². The minimum absolute atomic E-state index is 0.114. The third-order valence-corrected chi connectivity index (χ3v) is 5.73. The normalized spacial score (nSPS) is 11.8. The number of aromatic nitrogens is 1. The smallest absolute Gasteiger partial charge is 0.239 e. The van der Waals surface area contributed by atoms with Gasteiger partial charge in [-0.25, -0.2) is 4.98 Å². The van der Waals surface area contributed by atoms with Crippen molar-refractivity contribution >= 4 is 55.9 Å². The molecule has 0 saturated carbocycles. The third kappa shape index (κ3) is 4.99. The van der Waals surface area contributed by atoms with Crippen LogP contribution in [0.15, 0.2) is 47.4 Å². The first kappa shape index (κ1) is 19.2. The van der Waals surface area contributed by atoms with Crippen LogP contribution in [0.2, 0.25) is 0 Å². The van der Waals surface area contributed by atoms with E-state index in [4.69, 9.17) is 4.74 Å². The van der Waals surface area contributed by atoms with Crippen molar-refractivity contribution in [3.05, 3.63) is 42.5 Å². The van der Waals surface area contributed by atoms with Gasteiger partial charge in [0, 0.05) is 17.5 Å². The van der Waals surface area contributed by atoms with Gasteiger partial charge in [-0.1, -0.05) is 11.3 Å². The quantitative estimate of drug-likeness (QED) is 0.599. The summed E-state index contributed by atoms with van der Waals surface area (Å²) in [6.45, 7) is 3.31. The van der Waals surface area contributed by atoms with Crippen LogP contribution in [0, 0.1) is 0 Å². The van der Waals surface area contributed by atoms with E-state index < -0.39 is 0 Å². The number of anilines is 2. The second-order valence-electron chi connectivity index (χ2n) is 5.81. The van der Waals surface area contributed by atoms with E-state index in [1.54, 1.807) is 7.11 Å². The van der Waals surface area contributed by atoms with Crippen molar-refractivity contribution in [2.24, 2.45) is 0 Å². The number of carbonyl (C=O) groups is 2. The molecule has 0 bridgehead atoms. The van der Waals surface area contributed by atoms with Gasteiger partial charge in [-0.15, -0.1) is 11.8 Å². The highest BCUT2D eigenvalue weighted by Gasteiger charge is 2.16. The zero-order chi connectivity index (χ0) is 19.4. The highest BCUT2D eigenvalue weighted by atomic mass is 32.2. The van der Waals surface area contributed by atoms with Gasteiger partial charge in [0.2, 0.25) is 11.8 Å². The Morgan fingerprint density at radius 1 is 1.15 bits per heavy atom. The molecule has 1 aromatic heterocycles. The maximum absolute atomic E-state index is 12.5. The zero-order valence-electron chi connectivity index (χ0n) is 15.1. The minimum Gasteiger partial charge on any atom is -0.497 e. The Balaban J connectivity index is 1.62. The number of nitrogens with one attached hydrogen (secondary N) is 2. The number of fused-ring (bicyclic) bond motifs is 1. The summed E-state index contributed by atoms with van der Waals surface area (Å²) in [5.74, 6) is 0.532. The lowest BCUT2D eigenvalue weighted by Gasteiger charge is -2.11. The molecule has 1 heterocycles. The second kappa shape index (κ2) is 8.41. The molecule has 0 spiro atoms. The summed E-state index contributed by atoms with van der Waals surface area (Å²) in [4.78, 5) is 28.9. The predicted octanol–water partition coefficient (Wildman–Crippen LogP) is 4.38. The van der Waals surface area contributed by atoms with Crippen molar-refractivity contribution in [2.45, 2.75) is 24.0 Å². The first-order valence-electron chi connectivity index (χ1n) is 8.24. The fourth-order valence-electron chi connectivity index (χ4n) is 2.37. The van der Waals surface area contributed by atoms with Gasteiger partial charge in [0.25, 0.3) is 0 Å². The molecule has 2 amide bonds. The summed E-state index contributed by atoms with van der Waals surface area (Å²) in [5.41, 5.74) is 1.55. The van der Waals surface area contributed by atoms with E-state index in [0.717, 1.165) is 26.5 Å². The fraction of sp³-hybridized carbons (Fsp3) is 0.211. The molecule has 8 heteroatoms. The molecule has 0 saturated heterocycles. The summed E-state index contributed by atoms with van der Waals surface area (Å²) in [6.07, 6.45) is 0. The largest absolute Gasteiger partial charge is 0.497 e. The van der Waals surface area contributed by atoms with Crippen molar-refractivity contribution in [1.82, 2.24) is 4.98 Å². The zero-order valence-corrected chi connectivity index (χ0v) is 16.7. The summed E-state index contributed by atoms with van der Waals surface area (Å²) >= 11 is 2.86. The van der Waals surface area contributed by atoms with Gasteiger partial charge in [0.05, 0.1) is 22.6 Å². The molecule has 3 aromatic rings. The first-order chi connectivity index (χ1) is 12.9. The third-order valence-electron chi connectivity index (χ3n) is 3.68. The number of amides is 2. The average molecular weight is 402 g/mol. The second-order valence-corrected chi connectivity index (χ2v) is 8.25. The molecular formula is C19H19N3O3S2. The number of benzene rings is 2. The fourth-order valence-corrected chi connectivity index (χ4v) is 4.13. The van der Waals surface area contributed by atoms with Crippen LogP contribution in [-0.2, 0) is 9.59 Å². The molecule has 6 nitrogen and oxygen atoms in total. The molecule has 0 fully saturated rings. The number of rotatable bonds is 6. The van der Waals surface area contributed by atoms with Crippen LogP contribution in [0.5, 0.6) is 5.75 Å². The standard InChI is InChI=1S/C19H19N3O3S2/c1-11(26-15-7-4-13(5-8-15)20-12(2)23)18(24)22-19-21-16-9-6-14(25-3)10-17(16)27-19/h4-11H,1-3H3,(H,20,23)(H,21,22,24).